The van der Waals surface area contributed by atoms with Crippen molar-refractivity contribution in [1.82, 2.24) is 14.7 Å². The maximum atomic E-state index is 13.4. The Morgan fingerprint density at radius 3 is 2.66 bits per heavy atom. The van der Waals surface area contributed by atoms with Crippen LogP contribution in [0.25, 0.3) is 0 Å². The highest BCUT2D eigenvalue weighted by molar-refractivity contribution is 7.10. The van der Waals surface area contributed by atoms with Crippen molar-refractivity contribution in [3.05, 3.63) is 57.3 Å². The number of fused-ring (bicyclic) bond motifs is 1. The molecule has 1 aliphatic heterocycles. The van der Waals surface area contributed by atoms with Crippen LogP contribution >= 0.6 is 11.3 Å². The summed E-state index contributed by atoms with van der Waals surface area (Å²) in [6.07, 6.45) is 0.848. The minimum absolute atomic E-state index is 0.0404. The quantitative estimate of drug-likeness (QED) is 0.728. The lowest BCUT2D eigenvalue weighted by Crippen LogP contribution is -2.49. The van der Waals surface area contributed by atoms with Crippen LogP contribution in [0, 0.1) is 6.92 Å². The lowest BCUT2D eigenvalue weighted by atomic mass is 9.90. The monoisotopic (exact) mass is 415 g/mol. The Morgan fingerprint density at radius 2 is 1.97 bits per heavy atom. The fraction of sp³-hybridized carbons (Fsp3) is 0.455. The molecule has 0 bridgehead atoms. The minimum atomic E-state index is -0.184. The van der Waals surface area contributed by atoms with Gasteiger partial charge in [0.15, 0.2) is 0 Å². The molecule has 0 radical (unpaired) electrons. The Balaban J connectivity index is 1.90. The average molecular weight is 416 g/mol. The van der Waals surface area contributed by atoms with E-state index in [0.717, 1.165) is 17.5 Å². The number of carbonyl (C=O) groups is 2. The van der Waals surface area contributed by atoms with Crippen molar-refractivity contribution in [2.24, 2.45) is 0 Å². The fourth-order valence-electron chi connectivity index (χ4n) is 3.79. The van der Waals surface area contributed by atoms with Crippen molar-refractivity contribution >= 4 is 23.3 Å². The third-order valence-electron chi connectivity index (χ3n) is 5.31. The first-order chi connectivity index (χ1) is 13.9. The Hall–Kier alpha value is -2.38. The van der Waals surface area contributed by atoms with Crippen molar-refractivity contribution in [2.45, 2.75) is 19.4 Å². The molecule has 29 heavy (non-hydrogen) atoms. The first kappa shape index (κ1) is 21.3. The Morgan fingerprint density at radius 1 is 1.21 bits per heavy atom. The highest BCUT2D eigenvalue weighted by Gasteiger charge is 2.34. The normalized spacial score (nSPS) is 15.7. The number of urea groups is 1. The molecular weight excluding hydrogens is 386 g/mol. The molecule has 7 heteroatoms. The van der Waals surface area contributed by atoms with E-state index in [-0.39, 0.29) is 24.5 Å². The Kier molecular flexibility index (Phi) is 6.92. The van der Waals surface area contributed by atoms with Gasteiger partial charge in [-0.1, -0.05) is 24.3 Å². The zero-order valence-corrected chi connectivity index (χ0v) is 18.4. The Labute approximate surface area is 176 Å². The molecule has 3 amide bonds. The summed E-state index contributed by atoms with van der Waals surface area (Å²) in [6.45, 7) is 3.55. The fourth-order valence-corrected chi connectivity index (χ4v) is 4.70. The summed E-state index contributed by atoms with van der Waals surface area (Å²) >= 11 is 1.75. The van der Waals surface area contributed by atoms with Crippen LogP contribution in [0.2, 0.25) is 0 Å². The molecular formula is C22H29N3O3S. The summed E-state index contributed by atoms with van der Waals surface area (Å²) in [4.78, 5) is 32.3. The van der Waals surface area contributed by atoms with Gasteiger partial charge in [-0.2, -0.15) is 0 Å². The molecule has 0 spiro atoms. The molecule has 2 aromatic rings. The molecule has 1 aromatic carbocycles. The van der Waals surface area contributed by atoms with Crippen LogP contribution in [-0.2, 0) is 16.0 Å². The predicted molar refractivity (Wildman–Crippen MR) is 115 cm³/mol. The van der Waals surface area contributed by atoms with Crippen molar-refractivity contribution in [2.75, 3.05) is 47.4 Å². The molecule has 0 fully saturated rings. The number of benzene rings is 1. The summed E-state index contributed by atoms with van der Waals surface area (Å²) in [5, 5.41) is 2.10. The van der Waals surface area contributed by atoms with Crippen molar-refractivity contribution in [1.29, 1.82) is 0 Å². The third kappa shape index (κ3) is 4.62. The summed E-state index contributed by atoms with van der Waals surface area (Å²) in [5.74, 6) is -0.0404. The molecule has 0 N–H and O–H groups in total. The van der Waals surface area contributed by atoms with Crippen LogP contribution in [-0.4, -0.2) is 74.1 Å². The second-order valence-corrected chi connectivity index (χ2v) is 8.49. The lowest BCUT2D eigenvalue weighted by Gasteiger charge is -2.38. The molecule has 1 aliphatic rings. The summed E-state index contributed by atoms with van der Waals surface area (Å²) in [7, 11) is 4.99. The van der Waals surface area contributed by atoms with Gasteiger partial charge >= 0.3 is 6.03 Å². The van der Waals surface area contributed by atoms with Crippen molar-refractivity contribution in [3.8, 4) is 0 Å². The van der Waals surface area contributed by atoms with E-state index in [1.807, 2.05) is 17.0 Å². The van der Waals surface area contributed by atoms with E-state index in [0.29, 0.717) is 19.7 Å². The largest absolute Gasteiger partial charge is 0.383 e. The number of carbonyl (C=O) groups excluding carboxylic acids is 2. The van der Waals surface area contributed by atoms with Gasteiger partial charge in [0.2, 0.25) is 5.91 Å². The zero-order chi connectivity index (χ0) is 21.0. The molecule has 0 unspecified atom stereocenters. The number of rotatable bonds is 6. The first-order valence-corrected chi connectivity index (χ1v) is 10.7. The van der Waals surface area contributed by atoms with Gasteiger partial charge in [-0.05, 0) is 41.5 Å². The minimum Gasteiger partial charge on any atom is -0.383 e. The summed E-state index contributed by atoms with van der Waals surface area (Å²) in [5.41, 5.74) is 3.50. The van der Waals surface area contributed by atoms with E-state index >= 15 is 0 Å². The van der Waals surface area contributed by atoms with Crippen LogP contribution in [0.3, 0.4) is 0 Å². The smallest absolute Gasteiger partial charge is 0.320 e. The van der Waals surface area contributed by atoms with Crippen LogP contribution < -0.4 is 0 Å². The van der Waals surface area contributed by atoms with Gasteiger partial charge in [-0.15, -0.1) is 11.3 Å². The molecule has 0 saturated carbocycles. The third-order valence-corrected chi connectivity index (χ3v) is 6.31. The van der Waals surface area contributed by atoms with Crippen LogP contribution in [0.4, 0.5) is 4.79 Å². The maximum absolute atomic E-state index is 13.4. The molecule has 0 saturated heterocycles. The van der Waals surface area contributed by atoms with Gasteiger partial charge in [0.1, 0.15) is 6.54 Å². The van der Waals surface area contributed by atoms with E-state index in [4.69, 9.17) is 4.74 Å². The van der Waals surface area contributed by atoms with Gasteiger partial charge in [0, 0.05) is 39.2 Å². The van der Waals surface area contributed by atoms with Gasteiger partial charge in [-0.25, -0.2) is 4.79 Å². The number of methoxy groups -OCH3 is 1. The molecule has 1 atom stereocenters. The number of aryl methyl sites for hydroxylation is 1. The summed E-state index contributed by atoms with van der Waals surface area (Å²) < 4.78 is 5.14. The molecule has 3 rings (SSSR count). The molecule has 2 heterocycles. The van der Waals surface area contributed by atoms with E-state index in [1.165, 1.54) is 15.3 Å². The van der Waals surface area contributed by atoms with E-state index in [9.17, 15) is 9.59 Å². The Bertz CT molecular complexity index is 864. The molecule has 6 nitrogen and oxygen atoms in total. The van der Waals surface area contributed by atoms with Gasteiger partial charge in [0.25, 0.3) is 0 Å². The highest BCUT2D eigenvalue weighted by Crippen LogP contribution is 2.38. The number of amides is 3. The first-order valence-electron chi connectivity index (χ1n) is 9.80. The van der Waals surface area contributed by atoms with E-state index in [1.54, 1.807) is 37.4 Å². The number of ether oxygens (including phenoxy) is 1. The topological polar surface area (TPSA) is 53.1 Å². The average Bonchev–Trinajstić information content (AvgIpc) is 3.19. The molecule has 0 aliphatic carbocycles. The SMILES string of the molecule is COCCN(CC(=O)N1CCc2sccc2[C@H]1c1ccccc1C)C(=O)N(C)C. The summed E-state index contributed by atoms with van der Waals surface area (Å²) in [6, 6.07) is 10.1. The van der Waals surface area contributed by atoms with Crippen LogP contribution in [0.15, 0.2) is 35.7 Å². The van der Waals surface area contributed by atoms with Gasteiger partial charge < -0.3 is 19.4 Å². The second-order valence-electron chi connectivity index (χ2n) is 7.49. The number of hydrogen-bond donors (Lipinski definition) is 0. The van der Waals surface area contributed by atoms with Crippen molar-refractivity contribution < 1.29 is 14.3 Å². The van der Waals surface area contributed by atoms with E-state index in [2.05, 4.69) is 30.5 Å². The number of nitrogens with zero attached hydrogens (tertiary/aromatic N) is 3. The standard InChI is InChI=1S/C22H29N3O3S/c1-16-7-5-6-8-17(16)21-18-10-14-29-19(18)9-11-25(21)20(26)15-24(12-13-28-4)22(27)23(2)3/h5-8,10,14,21H,9,11-13,15H2,1-4H3/t21-/m1/s1. The predicted octanol–water partition coefficient (Wildman–Crippen LogP) is 3.16. The number of thiophene rings is 1. The maximum Gasteiger partial charge on any atom is 0.320 e. The lowest BCUT2D eigenvalue weighted by molar-refractivity contribution is -0.134. The van der Waals surface area contributed by atoms with Crippen LogP contribution in [0.5, 0.6) is 0 Å². The van der Waals surface area contributed by atoms with E-state index < -0.39 is 0 Å². The second kappa shape index (κ2) is 9.41. The number of hydrogen-bond acceptors (Lipinski definition) is 4. The van der Waals surface area contributed by atoms with Gasteiger partial charge in [0.05, 0.1) is 12.6 Å². The van der Waals surface area contributed by atoms with Crippen LogP contribution in [0.1, 0.15) is 27.6 Å². The zero-order valence-electron chi connectivity index (χ0n) is 17.6. The van der Waals surface area contributed by atoms with Gasteiger partial charge in [-0.3, -0.25) is 4.79 Å². The molecule has 1 aromatic heterocycles. The molecule has 156 valence electrons. The van der Waals surface area contributed by atoms with Crippen molar-refractivity contribution in [3.63, 3.8) is 0 Å². The highest BCUT2D eigenvalue weighted by atomic mass is 32.1.